The van der Waals surface area contributed by atoms with Gasteiger partial charge in [0.15, 0.2) is 0 Å². The van der Waals surface area contributed by atoms with Gasteiger partial charge < -0.3 is 9.05 Å². The molecule has 2 unspecified atom stereocenters. The summed E-state index contributed by atoms with van der Waals surface area (Å²) in [4.78, 5) is 10.0. The molecule has 0 heterocycles. The Balaban J connectivity index is 1.03. The molecule has 0 spiro atoms. The van der Waals surface area contributed by atoms with Gasteiger partial charge in [-0.2, -0.15) is 0 Å². The topological polar surface area (TPSA) is 89.5 Å². The Hall–Kier alpha value is -4.00. The summed E-state index contributed by atoms with van der Waals surface area (Å²) in [6, 6.07) is 27.7. The van der Waals surface area contributed by atoms with Crippen molar-refractivity contribution in [2.24, 2.45) is 0 Å². The molecule has 8 bridgehead atoms. The van der Waals surface area contributed by atoms with Crippen molar-refractivity contribution in [2.45, 2.75) is 73.0 Å². The molecular formula is C46H40O8P2. The van der Waals surface area contributed by atoms with E-state index in [9.17, 15) is 9.13 Å². The fraction of sp³-hybridized carbons (Fsp3) is 0.348. The van der Waals surface area contributed by atoms with Gasteiger partial charge in [0, 0.05) is 69.6 Å². The van der Waals surface area contributed by atoms with E-state index in [0.29, 0.717) is 35.2 Å². The molecule has 10 heteroatoms. The molecule has 0 aliphatic heterocycles. The quantitative estimate of drug-likeness (QED) is 0.0873. The average Bonchev–Trinajstić information content (AvgIpc) is 4.05. The largest absolute Gasteiger partial charge is 0.422 e. The smallest absolute Gasteiger partial charge is 0.402 e. The van der Waals surface area contributed by atoms with E-state index in [0.717, 1.165) is 47.9 Å². The third kappa shape index (κ3) is 4.06. The minimum absolute atomic E-state index is 0.0275. The molecule has 10 atom stereocenters. The fourth-order valence-electron chi connectivity index (χ4n) is 13.3. The monoisotopic (exact) mass is 782 g/mol. The van der Waals surface area contributed by atoms with Gasteiger partial charge in [0.05, 0.1) is 27.5 Å². The van der Waals surface area contributed by atoms with Crippen LogP contribution in [0.25, 0.3) is 0 Å². The number of fused-ring (bicyclic) bond motifs is 32. The Morgan fingerprint density at radius 3 is 0.929 bits per heavy atom. The van der Waals surface area contributed by atoms with E-state index in [1.807, 2.05) is 0 Å². The lowest BCUT2D eigenvalue weighted by molar-refractivity contribution is -0.183. The van der Waals surface area contributed by atoms with E-state index in [-0.39, 0.29) is 23.7 Å². The van der Waals surface area contributed by atoms with Crippen molar-refractivity contribution >= 4 is 15.2 Å². The summed E-state index contributed by atoms with van der Waals surface area (Å²) in [6.07, 6.45) is 3.86. The maximum absolute atomic E-state index is 14.1. The van der Waals surface area contributed by atoms with E-state index in [1.54, 1.807) is 0 Å². The van der Waals surface area contributed by atoms with Crippen molar-refractivity contribution in [2.75, 3.05) is 27.5 Å². The summed E-state index contributed by atoms with van der Waals surface area (Å²) >= 11 is 0. The van der Waals surface area contributed by atoms with Crippen LogP contribution in [0.1, 0.15) is 162 Å². The van der Waals surface area contributed by atoms with Crippen molar-refractivity contribution in [3.8, 4) is 11.5 Å². The molecule has 0 aromatic heterocycles. The highest BCUT2D eigenvalue weighted by Crippen LogP contribution is 2.73. The van der Waals surface area contributed by atoms with Crippen molar-refractivity contribution in [1.82, 2.24) is 0 Å². The Kier molecular flexibility index (Phi) is 6.45. The second-order valence-corrected chi connectivity index (χ2v) is 21.1. The average molecular weight is 783 g/mol. The van der Waals surface area contributed by atoms with Crippen LogP contribution in [-0.2, 0) is 28.3 Å². The molecule has 0 fully saturated rings. The lowest BCUT2D eigenvalue weighted by Gasteiger charge is -2.34. The van der Waals surface area contributed by atoms with Gasteiger partial charge >= 0.3 is 15.2 Å². The number of rotatable bonds is 8. The summed E-state index contributed by atoms with van der Waals surface area (Å²) in [5.41, 5.74) is 20.5. The van der Waals surface area contributed by atoms with Crippen LogP contribution >= 0.6 is 15.2 Å². The zero-order chi connectivity index (χ0) is 37.6. The van der Waals surface area contributed by atoms with Crippen LogP contribution < -0.4 is 9.05 Å². The van der Waals surface area contributed by atoms with Gasteiger partial charge in [-0.1, -0.05) is 72.8 Å². The Morgan fingerprint density at radius 1 is 0.411 bits per heavy atom. The second kappa shape index (κ2) is 10.9. The second-order valence-electron chi connectivity index (χ2n) is 17.4. The molecular weight excluding hydrogens is 742 g/mol. The Morgan fingerprint density at radius 2 is 0.661 bits per heavy atom. The van der Waals surface area contributed by atoms with Crippen LogP contribution in [-0.4, -0.2) is 27.5 Å². The summed E-state index contributed by atoms with van der Waals surface area (Å²) < 4.78 is 52.4. The van der Waals surface area contributed by atoms with Gasteiger partial charge in [-0.15, -0.1) is 9.35 Å². The summed E-state index contributed by atoms with van der Waals surface area (Å²) in [5.74, 6) is 2.68. The molecule has 5 aromatic rings. The van der Waals surface area contributed by atoms with Crippen LogP contribution in [0.4, 0.5) is 0 Å². The zero-order valence-electron chi connectivity index (χ0n) is 31.5. The lowest BCUT2D eigenvalue weighted by atomic mass is 9.74. The van der Waals surface area contributed by atoms with Gasteiger partial charge in [0.2, 0.25) is 0 Å². The van der Waals surface area contributed by atoms with Crippen molar-refractivity contribution in [1.29, 1.82) is 0 Å². The first-order valence-corrected chi connectivity index (χ1v) is 23.9. The minimum Gasteiger partial charge on any atom is -0.422 e. The maximum atomic E-state index is 14.1. The molecule has 13 rings (SSSR count). The maximum Gasteiger partial charge on any atom is 0.402 e. The van der Waals surface area contributed by atoms with Crippen LogP contribution in [0.5, 0.6) is 11.5 Å². The number of hydrogen-bond donors (Lipinski definition) is 0. The lowest BCUT2D eigenvalue weighted by Crippen LogP contribution is -2.17. The van der Waals surface area contributed by atoms with E-state index in [1.165, 1.54) is 94.3 Å². The van der Waals surface area contributed by atoms with Crippen LogP contribution in [0, 0.1) is 0 Å². The van der Waals surface area contributed by atoms with Crippen LogP contribution in [0.2, 0.25) is 0 Å². The third-order valence-corrected chi connectivity index (χ3v) is 16.7. The molecule has 8 aliphatic carbocycles. The van der Waals surface area contributed by atoms with E-state index >= 15 is 0 Å². The summed E-state index contributed by atoms with van der Waals surface area (Å²) in [5, 5.41) is 0. The highest BCUT2D eigenvalue weighted by Gasteiger charge is 2.56. The van der Waals surface area contributed by atoms with Gasteiger partial charge in [-0.25, -0.2) is 18.9 Å². The highest BCUT2D eigenvalue weighted by molar-refractivity contribution is 7.53. The SMILES string of the molecule is COOP(C)(=O)Oc1c2c(c(OP(C)(=O)OOC)c3c1[C@H]1C[C@@H]3c3cc4c(cc31)[C@H]1C[C@@H]4c3ccccc31)[C@H]1C[C@@H]2c2cc3c(cc21)[C@H]1C[C@@H]3c2ccccc21. The first-order chi connectivity index (χ1) is 27.1. The van der Waals surface area contributed by atoms with Gasteiger partial charge in [0.25, 0.3) is 0 Å². The predicted octanol–water partition coefficient (Wildman–Crippen LogP) is 11.2. The molecule has 8 nitrogen and oxygen atoms in total. The first-order valence-electron chi connectivity index (χ1n) is 19.9. The molecule has 282 valence electrons. The van der Waals surface area contributed by atoms with Crippen LogP contribution in [0.3, 0.4) is 0 Å². The van der Waals surface area contributed by atoms with Crippen molar-refractivity contribution in [3.05, 3.63) is 162 Å². The normalized spacial score (nSPS) is 29.5. The molecule has 0 saturated carbocycles. The van der Waals surface area contributed by atoms with Crippen LogP contribution in [0.15, 0.2) is 72.8 Å². The summed E-state index contributed by atoms with van der Waals surface area (Å²) in [6.45, 7) is 2.94. The van der Waals surface area contributed by atoms with E-state index in [4.69, 9.17) is 28.2 Å². The Bertz CT molecular complexity index is 2420. The fourth-order valence-corrected chi connectivity index (χ4v) is 14.9. The molecule has 5 aromatic carbocycles. The molecule has 56 heavy (non-hydrogen) atoms. The van der Waals surface area contributed by atoms with E-state index in [2.05, 4.69) is 72.8 Å². The standard InChI is InChI=1S/C46H40O8P2/c1-49-53-55(3,47)51-45-41-37-19-39(35-17-31-27-13-25(29(31)15-33(35)37)21-9-5-7-11-23(21)27)43(41)46(52-56(4,48)54-50-2)44-40-20-38(42(44)45)34-16-30-26-14-28(32(30)18-36(34)40)24-12-8-6-10-22(24)26/h5-12,15-18,25-28,37-40H,13-14,19-20H2,1-4H3/t25-,26+,27+,28-,37-,38+,39+,40-,55?,56?. The van der Waals surface area contributed by atoms with Crippen molar-refractivity contribution < 1.29 is 37.3 Å². The Labute approximate surface area is 325 Å². The third-order valence-electron chi connectivity index (χ3n) is 14.8. The molecule has 0 saturated heterocycles. The minimum atomic E-state index is -3.74. The zero-order valence-corrected chi connectivity index (χ0v) is 33.3. The van der Waals surface area contributed by atoms with E-state index < -0.39 is 15.2 Å². The van der Waals surface area contributed by atoms with Gasteiger partial charge in [0.1, 0.15) is 11.5 Å². The molecule has 0 N–H and O–H groups in total. The van der Waals surface area contributed by atoms with Crippen molar-refractivity contribution in [3.63, 3.8) is 0 Å². The number of benzene rings is 5. The molecule has 0 radical (unpaired) electrons. The molecule has 8 aliphatic rings. The summed E-state index contributed by atoms with van der Waals surface area (Å²) in [7, 11) is -4.76. The van der Waals surface area contributed by atoms with Gasteiger partial charge in [-0.3, -0.25) is 0 Å². The number of hydrogen-bond acceptors (Lipinski definition) is 8. The van der Waals surface area contributed by atoms with Gasteiger partial charge in [-0.05, 0) is 92.4 Å². The molecule has 0 amide bonds. The first kappa shape index (κ1) is 33.0. The predicted molar refractivity (Wildman–Crippen MR) is 210 cm³/mol. The highest BCUT2D eigenvalue weighted by atomic mass is 31.2.